The van der Waals surface area contributed by atoms with Crippen LogP contribution in [-0.4, -0.2) is 21.4 Å². The molecule has 0 N–H and O–H groups in total. The van der Waals surface area contributed by atoms with Gasteiger partial charge in [-0.05, 0) is 23.3 Å². The second-order valence-corrected chi connectivity index (χ2v) is 10.1. The fourth-order valence-corrected chi connectivity index (χ4v) is 5.86. The van der Waals surface area contributed by atoms with Gasteiger partial charge in [-0.2, -0.15) is 8.42 Å². The molecule has 0 spiro atoms. The zero-order valence-corrected chi connectivity index (χ0v) is 22.4. The first-order chi connectivity index (χ1) is 16.3. The van der Waals surface area contributed by atoms with Crippen LogP contribution in [0.4, 0.5) is 0 Å². The zero-order chi connectivity index (χ0) is 24.2. The maximum atomic E-state index is 13.4. The fourth-order valence-electron chi connectivity index (χ4n) is 3.42. The van der Waals surface area contributed by atoms with Gasteiger partial charge in [0.15, 0.2) is 0 Å². The molecular formula is C26H19NaO6S2. The third kappa shape index (κ3) is 6.49. The van der Waals surface area contributed by atoms with Crippen LogP contribution < -0.4 is 33.7 Å². The first kappa shape index (κ1) is 26.9. The van der Waals surface area contributed by atoms with Crippen molar-refractivity contribution in [3.8, 4) is 16.9 Å². The third-order valence-electron chi connectivity index (χ3n) is 4.96. The van der Waals surface area contributed by atoms with Gasteiger partial charge in [-0.25, -0.2) is 8.42 Å². The van der Waals surface area contributed by atoms with Crippen LogP contribution in [0.25, 0.3) is 23.3 Å². The summed E-state index contributed by atoms with van der Waals surface area (Å²) in [4.78, 5) is -1.57. The summed E-state index contributed by atoms with van der Waals surface area (Å²) in [5.74, 6) is -0.00760. The molecule has 0 bridgehead atoms. The maximum absolute atomic E-state index is 13.4. The smallest absolute Gasteiger partial charge is 0.744 e. The van der Waals surface area contributed by atoms with E-state index in [1.807, 2.05) is 30.3 Å². The third-order valence-corrected chi connectivity index (χ3v) is 7.30. The van der Waals surface area contributed by atoms with Crippen molar-refractivity contribution in [2.24, 2.45) is 0 Å². The monoisotopic (exact) mass is 514 g/mol. The summed E-state index contributed by atoms with van der Waals surface area (Å²) >= 11 is 0. The Morgan fingerprint density at radius 2 is 1.26 bits per heavy atom. The standard InChI is InChI=1S/C26H20O6S2.Na/c27-33(28,29)25-17-9-15-23(21-12-5-2-6-13-21)26(25)34(30,31)32-24-16-8-7-14-22(24)19-18-20-10-3-1-4-11-20;/h1-19H,(H,27,28,29);/q;+1/p-1. The van der Waals surface area contributed by atoms with E-state index in [4.69, 9.17) is 4.18 Å². The second kappa shape index (κ2) is 11.3. The van der Waals surface area contributed by atoms with E-state index in [0.717, 1.165) is 11.6 Å². The second-order valence-electron chi connectivity index (χ2n) is 7.27. The summed E-state index contributed by atoms with van der Waals surface area (Å²) in [6, 6.07) is 27.9. The van der Waals surface area contributed by atoms with Gasteiger partial charge in [-0.3, -0.25) is 0 Å². The van der Waals surface area contributed by atoms with Crippen LogP contribution in [0, 0.1) is 0 Å². The Hall–Kier alpha value is -2.72. The Kier molecular flexibility index (Phi) is 8.71. The molecule has 0 radical (unpaired) electrons. The van der Waals surface area contributed by atoms with Gasteiger partial charge in [-0.1, -0.05) is 103 Å². The zero-order valence-electron chi connectivity index (χ0n) is 18.7. The molecule has 0 fully saturated rings. The molecule has 0 aromatic heterocycles. The maximum Gasteiger partial charge on any atom is 1.00 e. The predicted octanol–water partition coefficient (Wildman–Crippen LogP) is 2.20. The molecule has 0 heterocycles. The predicted molar refractivity (Wildman–Crippen MR) is 129 cm³/mol. The Labute approximate surface area is 227 Å². The molecule has 172 valence electrons. The van der Waals surface area contributed by atoms with Gasteiger partial charge >= 0.3 is 39.7 Å². The van der Waals surface area contributed by atoms with Crippen molar-refractivity contribution in [2.75, 3.05) is 0 Å². The molecule has 35 heavy (non-hydrogen) atoms. The molecule has 0 amide bonds. The Balaban J connectivity index is 0.00000342. The van der Waals surface area contributed by atoms with Crippen molar-refractivity contribution in [1.29, 1.82) is 0 Å². The van der Waals surface area contributed by atoms with Crippen molar-refractivity contribution in [2.45, 2.75) is 9.79 Å². The molecule has 4 aromatic rings. The fraction of sp³-hybridized carbons (Fsp3) is 0. The van der Waals surface area contributed by atoms with Crippen LogP contribution in [0.5, 0.6) is 5.75 Å². The number of benzene rings is 4. The van der Waals surface area contributed by atoms with Crippen LogP contribution in [-0.2, 0) is 20.2 Å². The van der Waals surface area contributed by atoms with Gasteiger partial charge in [0.1, 0.15) is 20.8 Å². The van der Waals surface area contributed by atoms with Gasteiger partial charge < -0.3 is 8.74 Å². The molecule has 6 nitrogen and oxygen atoms in total. The molecule has 4 aromatic carbocycles. The summed E-state index contributed by atoms with van der Waals surface area (Å²) < 4.78 is 68.2. The van der Waals surface area contributed by atoms with Gasteiger partial charge in [0.2, 0.25) is 0 Å². The quantitative estimate of drug-likeness (QED) is 0.162. The summed E-state index contributed by atoms with van der Waals surface area (Å²) in [7, 11) is -9.84. The molecule has 4 rings (SSSR count). The summed E-state index contributed by atoms with van der Waals surface area (Å²) in [6.07, 6.45) is 3.48. The van der Waals surface area contributed by atoms with Gasteiger partial charge in [-0.15, -0.1) is 0 Å². The minimum atomic E-state index is -5.12. The van der Waals surface area contributed by atoms with E-state index in [1.165, 1.54) is 18.2 Å². The molecule has 0 saturated carbocycles. The molecule has 0 aliphatic rings. The molecule has 0 aliphatic heterocycles. The average molecular weight is 515 g/mol. The molecular weight excluding hydrogens is 495 g/mol. The van der Waals surface area contributed by atoms with Crippen LogP contribution in [0.3, 0.4) is 0 Å². The van der Waals surface area contributed by atoms with Crippen LogP contribution in [0.2, 0.25) is 0 Å². The van der Waals surface area contributed by atoms with E-state index < -0.39 is 30.0 Å². The van der Waals surface area contributed by atoms with Crippen LogP contribution in [0.1, 0.15) is 11.1 Å². The Morgan fingerprint density at radius 3 is 1.91 bits per heavy atom. The van der Waals surface area contributed by atoms with E-state index >= 15 is 0 Å². The average Bonchev–Trinajstić information content (AvgIpc) is 2.83. The number of hydrogen-bond acceptors (Lipinski definition) is 6. The van der Waals surface area contributed by atoms with Gasteiger partial charge in [0.25, 0.3) is 0 Å². The largest absolute Gasteiger partial charge is 1.00 e. The number of rotatable bonds is 7. The Bertz CT molecular complexity index is 1550. The molecule has 0 atom stereocenters. The summed E-state index contributed by atoms with van der Waals surface area (Å²) in [5, 5.41) is 0. The van der Waals surface area contributed by atoms with E-state index in [-0.39, 0.29) is 40.9 Å². The SMILES string of the molecule is O=S(=O)([O-])c1cccc(-c2ccccc2)c1S(=O)(=O)Oc1ccccc1C=Cc1ccccc1.[Na+]. The van der Waals surface area contributed by atoms with E-state index in [1.54, 1.807) is 60.7 Å². The molecule has 0 aliphatic carbocycles. The minimum absolute atomic E-state index is 0. The summed E-state index contributed by atoms with van der Waals surface area (Å²) in [6.45, 7) is 0. The van der Waals surface area contributed by atoms with Gasteiger partial charge in [0, 0.05) is 11.1 Å². The normalized spacial score (nSPS) is 11.7. The van der Waals surface area contributed by atoms with Crippen molar-refractivity contribution >= 4 is 32.4 Å². The molecule has 0 unspecified atom stereocenters. The van der Waals surface area contributed by atoms with Crippen LogP contribution >= 0.6 is 0 Å². The summed E-state index contributed by atoms with van der Waals surface area (Å²) in [5.41, 5.74) is 1.83. The Morgan fingerprint density at radius 1 is 0.657 bits per heavy atom. The van der Waals surface area contributed by atoms with Crippen molar-refractivity contribution in [3.05, 3.63) is 114 Å². The topological polar surface area (TPSA) is 101 Å². The molecule has 9 heteroatoms. The van der Waals surface area contributed by atoms with Crippen molar-refractivity contribution < 1.29 is 55.1 Å². The molecule has 0 saturated heterocycles. The van der Waals surface area contributed by atoms with Gasteiger partial charge in [0.05, 0.1) is 4.90 Å². The van der Waals surface area contributed by atoms with Crippen molar-refractivity contribution in [1.82, 2.24) is 0 Å². The number of para-hydroxylation sites is 1. The van der Waals surface area contributed by atoms with E-state index in [9.17, 15) is 21.4 Å². The number of hydrogen-bond donors (Lipinski definition) is 0. The minimum Gasteiger partial charge on any atom is -0.744 e. The first-order valence-electron chi connectivity index (χ1n) is 10.2. The van der Waals surface area contributed by atoms with E-state index in [2.05, 4.69) is 0 Å². The van der Waals surface area contributed by atoms with Crippen molar-refractivity contribution in [3.63, 3.8) is 0 Å². The first-order valence-corrected chi connectivity index (χ1v) is 13.0. The van der Waals surface area contributed by atoms with Crippen LogP contribution in [0.15, 0.2) is 113 Å². The van der Waals surface area contributed by atoms with E-state index in [0.29, 0.717) is 11.1 Å².